The van der Waals surface area contributed by atoms with Crippen molar-refractivity contribution in [3.8, 4) is 6.07 Å². The van der Waals surface area contributed by atoms with Crippen molar-refractivity contribution in [1.29, 1.82) is 16.1 Å². The highest BCUT2D eigenvalue weighted by atomic mass is 31.1. The molecular weight excluding hydrogens is 307 g/mol. The molecule has 0 bridgehead atoms. The molecule has 0 saturated heterocycles. The van der Waals surface area contributed by atoms with Gasteiger partial charge in [-0.1, -0.05) is 12.8 Å². The number of rotatable bonds is 8. The molecule has 0 aliphatic heterocycles. The number of anilines is 1. The van der Waals surface area contributed by atoms with Crippen molar-refractivity contribution >= 4 is 25.8 Å². The maximum Gasteiger partial charge on any atom is 0.112 e. The van der Waals surface area contributed by atoms with Crippen LogP contribution in [-0.4, -0.2) is 35.8 Å². The van der Waals surface area contributed by atoms with E-state index in [0.717, 1.165) is 11.4 Å². The Morgan fingerprint density at radius 2 is 2.26 bits per heavy atom. The van der Waals surface area contributed by atoms with Gasteiger partial charge in [-0.25, -0.2) is 0 Å². The average molecular weight is 330 g/mol. The lowest BCUT2D eigenvalue weighted by molar-refractivity contribution is 0.882. The third kappa shape index (κ3) is 4.20. The van der Waals surface area contributed by atoms with Gasteiger partial charge in [-0.05, 0) is 24.6 Å². The molecule has 1 saturated carbocycles. The van der Waals surface area contributed by atoms with Crippen molar-refractivity contribution in [3.63, 3.8) is 0 Å². The molecule has 23 heavy (non-hydrogen) atoms. The summed E-state index contributed by atoms with van der Waals surface area (Å²) >= 11 is 0. The molecule has 5 N–H and O–H groups in total. The van der Waals surface area contributed by atoms with Gasteiger partial charge in [0, 0.05) is 44.9 Å². The maximum absolute atomic E-state index is 9.05. The van der Waals surface area contributed by atoms with Crippen LogP contribution in [0.25, 0.3) is 0 Å². The molecule has 7 heteroatoms. The Labute approximate surface area is 138 Å². The second kappa shape index (κ2) is 8.50. The number of nitrogens with one attached hydrogen (secondary N) is 5. The SMILES string of the molecule is CNc1[nH]ccc1C(=N)/C(C=N)=C/NP(CC#N)C1CCCC1. The highest BCUT2D eigenvalue weighted by Gasteiger charge is 2.24. The minimum absolute atomic E-state index is 0.288. The van der Waals surface area contributed by atoms with Gasteiger partial charge in [0.15, 0.2) is 0 Å². The van der Waals surface area contributed by atoms with E-state index in [1.54, 1.807) is 19.4 Å². The molecule has 1 aliphatic carbocycles. The molecule has 1 aromatic heterocycles. The number of aromatic amines is 1. The van der Waals surface area contributed by atoms with Crippen LogP contribution in [0.3, 0.4) is 0 Å². The van der Waals surface area contributed by atoms with Crippen molar-refractivity contribution in [1.82, 2.24) is 10.1 Å². The zero-order valence-electron chi connectivity index (χ0n) is 13.3. The van der Waals surface area contributed by atoms with Crippen molar-refractivity contribution < 1.29 is 0 Å². The van der Waals surface area contributed by atoms with Gasteiger partial charge in [0.05, 0.1) is 17.9 Å². The first-order valence-electron chi connectivity index (χ1n) is 7.76. The molecule has 6 nitrogen and oxygen atoms in total. The molecule has 1 heterocycles. The van der Waals surface area contributed by atoms with Gasteiger partial charge >= 0.3 is 0 Å². The monoisotopic (exact) mass is 330 g/mol. The molecule has 1 aromatic rings. The fourth-order valence-electron chi connectivity index (χ4n) is 2.85. The fraction of sp³-hybridized carbons (Fsp3) is 0.438. The first-order chi connectivity index (χ1) is 11.2. The van der Waals surface area contributed by atoms with Crippen LogP contribution in [0, 0.1) is 22.1 Å². The fourth-order valence-corrected chi connectivity index (χ4v) is 4.86. The summed E-state index contributed by atoms with van der Waals surface area (Å²) in [5.41, 5.74) is 2.11. The second-order valence-corrected chi connectivity index (χ2v) is 7.73. The lowest BCUT2D eigenvalue weighted by atomic mass is 10.1. The van der Waals surface area contributed by atoms with Crippen molar-refractivity contribution in [2.24, 2.45) is 0 Å². The normalized spacial score (nSPS) is 16.6. The number of hydrogen-bond donors (Lipinski definition) is 5. The molecule has 0 spiro atoms. The summed E-state index contributed by atoms with van der Waals surface area (Å²) in [5.74, 6) is 0.762. The van der Waals surface area contributed by atoms with Crippen LogP contribution in [-0.2, 0) is 0 Å². The highest BCUT2D eigenvalue weighted by Crippen LogP contribution is 2.45. The zero-order chi connectivity index (χ0) is 16.7. The van der Waals surface area contributed by atoms with Crippen LogP contribution >= 0.6 is 8.07 Å². The molecule has 122 valence electrons. The number of H-pyrrole nitrogens is 1. The standard InChI is InChI=1S/C16H23N6P/c1-20-16-14(6-8-21-16)15(19)12(10-18)11-22-23(9-7-17)13-4-2-3-5-13/h6,8,10-11,13,18-22H,2-5,9H2,1H3/b12-11+,18-10?,19-15?. The van der Waals surface area contributed by atoms with Crippen molar-refractivity contribution in [2.45, 2.75) is 31.3 Å². The van der Waals surface area contributed by atoms with E-state index in [1.807, 2.05) is 6.07 Å². The molecular formula is C16H23N6P. The van der Waals surface area contributed by atoms with E-state index >= 15 is 0 Å². The summed E-state index contributed by atoms with van der Waals surface area (Å²) in [4.78, 5) is 3.03. The second-order valence-electron chi connectivity index (χ2n) is 5.49. The van der Waals surface area contributed by atoms with E-state index in [2.05, 4.69) is 21.5 Å². The lowest BCUT2D eigenvalue weighted by Crippen LogP contribution is -2.15. The minimum atomic E-state index is -0.605. The predicted molar refractivity (Wildman–Crippen MR) is 96.8 cm³/mol. The summed E-state index contributed by atoms with van der Waals surface area (Å²) in [6.45, 7) is 0. The van der Waals surface area contributed by atoms with Crippen LogP contribution < -0.4 is 10.4 Å². The topological polar surface area (TPSA) is 111 Å². The Morgan fingerprint density at radius 1 is 1.52 bits per heavy atom. The quantitative estimate of drug-likeness (QED) is 0.372. The summed E-state index contributed by atoms with van der Waals surface area (Å²) in [5, 5.41) is 31.4. The van der Waals surface area contributed by atoms with Gasteiger partial charge < -0.3 is 20.8 Å². The third-order valence-electron chi connectivity index (χ3n) is 4.10. The molecule has 2 rings (SSSR count). The predicted octanol–water partition coefficient (Wildman–Crippen LogP) is 3.41. The van der Waals surface area contributed by atoms with Gasteiger partial charge in [0.25, 0.3) is 0 Å². The van der Waals surface area contributed by atoms with E-state index in [-0.39, 0.29) is 5.71 Å². The van der Waals surface area contributed by atoms with Crippen molar-refractivity contribution in [3.05, 3.63) is 29.6 Å². The Bertz CT molecular complexity index is 621. The van der Waals surface area contributed by atoms with Crippen LogP contribution in [0.1, 0.15) is 31.2 Å². The number of allylic oxidation sites excluding steroid dienone is 1. The zero-order valence-corrected chi connectivity index (χ0v) is 14.2. The number of hydrogen-bond acceptors (Lipinski definition) is 5. The first kappa shape index (κ1) is 17.2. The van der Waals surface area contributed by atoms with E-state index in [0.29, 0.717) is 17.4 Å². The average Bonchev–Trinajstić information content (AvgIpc) is 3.25. The summed E-state index contributed by atoms with van der Waals surface area (Å²) in [6.07, 6.45) is 10.0. The van der Waals surface area contributed by atoms with Crippen molar-refractivity contribution in [2.75, 3.05) is 18.5 Å². The summed E-state index contributed by atoms with van der Waals surface area (Å²) < 4.78 is 0. The molecule has 0 amide bonds. The van der Waals surface area contributed by atoms with Gasteiger partial charge in [-0.2, -0.15) is 5.26 Å². The molecule has 1 unspecified atom stereocenters. The van der Waals surface area contributed by atoms with E-state index < -0.39 is 8.07 Å². The minimum Gasteiger partial charge on any atom is -0.374 e. The maximum atomic E-state index is 9.05. The molecule has 1 atom stereocenters. The van der Waals surface area contributed by atoms with Gasteiger partial charge in [0.2, 0.25) is 0 Å². The van der Waals surface area contributed by atoms with Crippen LogP contribution in [0.15, 0.2) is 24.0 Å². The number of nitriles is 1. The summed E-state index contributed by atoms with van der Waals surface area (Å²) in [7, 11) is 1.19. The molecule has 0 radical (unpaired) electrons. The van der Waals surface area contributed by atoms with Crippen LogP contribution in [0.4, 0.5) is 5.82 Å². The number of nitrogens with zero attached hydrogens (tertiary/aromatic N) is 1. The highest BCUT2D eigenvalue weighted by molar-refractivity contribution is 7.56. The smallest absolute Gasteiger partial charge is 0.112 e. The summed E-state index contributed by atoms with van der Waals surface area (Å²) in [6, 6.07) is 4.09. The first-order valence-corrected chi connectivity index (χ1v) is 9.35. The van der Waals surface area contributed by atoms with E-state index in [4.69, 9.17) is 16.1 Å². The molecule has 1 aliphatic rings. The van der Waals surface area contributed by atoms with E-state index in [1.165, 1.54) is 31.9 Å². The third-order valence-corrected chi connectivity index (χ3v) is 6.44. The Hall–Kier alpha value is -2.12. The van der Waals surface area contributed by atoms with Gasteiger partial charge in [-0.3, -0.25) is 5.41 Å². The van der Waals surface area contributed by atoms with E-state index in [9.17, 15) is 0 Å². The van der Waals surface area contributed by atoms with Gasteiger partial charge in [-0.15, -0.1) is 0 Å². The van der Waals surface area contributed by atoms with Gasteiger partial charge in [0.1, 0.15) is 5.82 Å². The molecule has 0 aromatic carbocycles. The largest absolute Gasteiger partial charge is 0.374 e. The Morgan fingerprint density at radius 3 is 2.87 bits per heavy atom. The Kier molecular flexibility index (Phi) is 6.37. The number of aromatic nitrogens is 1. The van der Waals surface area contributed by atoms with Crippen LogP contribution in [0.2, 0.25) is 0 Å². The van der Waals surface area contributed by atoms with Crippen LogP contribution in [0.5, 0.6) is 0 Å². The molecule has 1 fully saturated rings. The lowest BCUT2D eigenvalue weighted by Gasteiger charge is -2.21. The Balaban J connectivity index is 2.12.